The van der Waals surface area contributed by atoms with E-state index in [1.807, 2.05) is 54.9 Å². The zero-order valence-electron chi connectivity index (χ0n) is 13.1. The highest BCUT2D eigenvalue weighted by atomic mass is 15.4. The molecule has 0 unspecified atom stereocenters. The maximum Gasteiger partial charge on any atom is 0.116 e. The number of rotatable bonds is 2. The first-order chi connectivity index (χ1) is 11.2. The predicted octanol–water partition coefficient (Wildman–Crippen LogP) is 4.10. The summed E-state index contributed by atoms with van der Waals surface area (Å²) in [4.78, 5) is 4.59. The number of aryl methyl sites for hydroxylation is 1. The van der Waals surface area contributed by atoms with Crippen molar-refractivity contribution in [1.82, 2.24) is 20.0 Å². The van der Waals surface area contributed by atoms with Crippen LogP contribution in [0.3, 0.4) is 0 Å². The molecule has 2 heterocycles. The second-order valence-corrected chi connectivity index (χ2v) is 5.60. The van der Waals surface area contributed by atoms with Gasteiger partial charge in [0.15, 0.2) is 0 Å². The summed E-state index contributed by atoms with van der Waals surface area (Å²) in [6, 6.07) is 20.3. The summed E-state index contributed by atoms with van der Waals surface area (Å²) in [7, 11) is 0. The van der Waals surface area contributed by atoms with Crippen LogP contribution in [0.4, 0.5) is 0 Å². The van der Waals surface area contributed by atoms with Gasteiger partial charge in [-0.3, -0.25) is 4.98 Å². The predicted molar refractivity (Wildman–Crippen MR) is 91.6 cm³/mol. The van der Waals surface area contributed by atoms with E-state index in [4.69, 9.17) is 0 Å². The largest absolute Gasteiger partial charge is 0.253 e. The molecule has 4 heteroatoms. The third-order valence-corrected chi connectivity index (χ3v) is 3.99. The Morgan fingerprint density at radius 1 is 0.870 bits per heavy atom. The van der Waals surface area contributed by atoms with Crippen LogP contribution in [0.5, 0.6) is 0 Å². The summed E-state index contributed by atoms with van der Waals surface area (Å²) in [5.74, 6) is 0. The monoisotopic (exact) mass is 300 g/mol. The molecule has 0 fully saturated rings. The topological polar surface area (TPSA) is 43.6 Å². The van der Waals surface area contributed by atoms with Gasteiger partial charge >= 0.3 is 0 Å². The van der Waals surface area contributed by atoms with Gasteiger partial charge in [0.1, 0.15) is 5.69 Å². The molecule has 0 aliphatic heterocycles. The summed E-state index contributed by atoms with van der Waals surface area (Å²) >= 11 is 0. The molecular formula is C19H16N4. The third kappa shape index (κ3) is 2.28. The van der Waals surface area contributed by atoms with Crippen molar-refractivity contribution in [2.45, 2.75) is 13.8 Å². The van der Waals surface area contributed by atoms with Gasteiger partial charge in [-0.05, 0) is 26.0 Å². The molecule has 2 aromatic carbocycles. The molecule has 4 rings (SSSR count). The zero-order chi connectivity index (χ0) is 15.8. The molecule has 0 aliphatic carbocycles. The Labute approximate surface area is 134 Å². The number of fused-ring (bicyclic) bond motifs is 1. The first-order valence-corrected chi connectivity index (χ1v) is 7.58. The summed E-state index contributed by atoms with van der Waals surface area (Å²) in [6.07, 6.45) is 0. The van der Waals surface area contributed by atoms with Crippen LogP contribution in [0.1, 0.15) is 11.4 Å². The fraction of sp³-hybridized carbons (Fsp3) is 0.105. The van der Waals surface area contributed by atoms with Gasteiger partial charge < -0.3 is 0 Å². The van der Waals surface area contributed by atoms with Crippen LogP contribution in [-0.4, -0.2) is 20.0 Å². The minimum Gasteiger partial charge on any atom is -0.253 e. The second kappa shape index (κ2) is 5.32. The van der Waals surface area contributed by atoms with Crippen LogP contribution in [0.15, 0.2) is 60.7 Å². The highest BCUT2D eigenvalue weighted by Crippen LogP contribution is 2.26. The average Bonchev–Trinajstić information content (AvgIpc) is 2.96. The normalized spacial score (nSPS) is 11.0. The van der Waals surface area contributed by atoms with Crippen LogP contribution in [-0.2, 0) is 0 Å². The molecule has 0 saturated carbocycles. The summed E-state index contributed by atoms with van der Waals surface area (Å²) in [6.45, 7) is 4.05. The van der Waals surface area contributed by atoms with Gasteiger partial charge in [0.05, 0.1) is 16.9 Å². The Morgan fingerprint density at radius 3 is 2.43 bits per heavy atom. The molecule has 0 aliphatic rings. The van der Waals surface area contributed by atoms with E-state index in [1.54, 1.807) is 0 Å². The van der Waals surface area contributed by atoms with Crippen molar-refractivity contribution >= 4 is 10.9 Å². The van der Waals surface area contributed by atoms with Gasteiger partial charge in [-0.2, -0.15) is 0 Å². The average molecular weight is 300 g/mol. The van der Waals surface area contributed by atoms with Crippen LogP contribution in [0, 0.1) is 13.8 Å². The lowest BCUT2D eigenvalue weighted by Gasteiger charge is -2.09. The summed E-state index contributed by atoms with van der Waals surface area (Å²) in [5.41, 5.74) is 5.95. The standard InChI is InChI=1S/C19H16N4/c1-13-12-18(16-10-6-7-11-17(16)20-13)23-14(2)19(21-22-23)15-8-4-3-5-9-15/h3-12H,1-2H3. The first kappa shape index (κ1) is 13.6. The highest BCUT2D eigenvalue weighted by molar-refractivity contribution is 5.87. The molecular weight excluding hydrogens is 284 g/mol. The van der Waals surface area contributed by atoms with Gasteiger partial charge in [-0.15, -0.1) is 5.10 Å². The van der Waals surface area contributed by atoms with Crippen molar-refractivity contribution < 1.29 is 0 Å². The third-order valence-electron chi connectivity index (χ3n) is 3.99. The van der Waals surface area contributed by atoms with Gasteiger partial charge in [-0.1, -0.05) is 53.7 Å². The van der Waals surface area contributed by atoms with Gasteiger partial charge in [0.25, 0.3) is 0 Å². The van der Waals surface area contributed by atoms with Crippen molar-refractivity contribution in [2.24, 2.45) is 0 Å². The Hall–Kier alpha value is -3.01. The van der Waals surface area contributed by atoms with Gasteiger partial charge in [-0.25, -0.2) is 4.68 Å². The smallest absolute Gasteiger partial charge is 0.116 e. The fourth-order valence-corrected chi connectivity index (χ4v) is 2.88. The maximum atomic E-state index is 4.59. The summed E-state index contributed by atoms with van der Waals surface area (Å²) < 4.78 is 1.90. The van der Waals surface area contributed by atoms with E-state index < -0.39 is 0 Å². The number of para-hydroxylation sites is 1. The van der Waals surface area contributed by atoms with E-state index in [1.165, 1.54) is 0 Å². The Morgan fingerprint density at radius 2 is 1.61 bits per heavy atom. The lowest BCUT2D eigenvalue weighted by molar-refractivity contribution is 0.788. The van der Waals surface area contributed by atoms with Crippen molar-refractivity contribution in [3.05, 3.63) is 72.1 Å². The van der Waals surface area contributed by atoms with Crippen molar-refractivity contribution in [1.29, 1.82) is 0 Å². The fourth-order valence-electron chi connectivity index (χ4n) is 2.88. The van der Waals surface area contributed by atoms with Crippen LogP contribution in [0.25, 0.3) is 27.8 Å². The van der Waals surface area contributed by atoms with Crippen LogP contribution >= 0.6 is 0 Å². The minimum atomic E-state index is 0.907. The van der Waals surface area contributed by atoms with E-state index >= 15 is 0 Å². The highest BCUT2D eigenvalue weighted by Gasteiger charge is 2.14. The van der Waals surface area contributed by atoms with Crippen molar-refractivity contribution in [2.75, 3.05) is 0 Å². The molecule has 2 aromatic heterocycles. The molecule has 0 bridgehead atoms. The molecule has 0 spiro atoms. The molecule has 23 heavy (non-hydrogen) atoms. The number of nitrogens with zero attached hydrogens (tertiary/aromatic N) is 4. The first-order valence-electron chi connectivity index (χ1n) is 7.58. The Kier molecular flexibility index (Phi) is 3.15. The molecule has 4 nitrogen and oxygen atoms in total. The Balaban J connectivity index is 1.95. The zero-order valence-corrected chi connectivity index (χ0v) is 13.1. The molecule has 112 valence electrons. The van der Waals surface area contributed by atoms with Gasteiger partial charge in [0, 0.05) is 16.6 Å². The van der Waals surface area contributed by atoms with Crippen molar-refractivity contribution in [3.8, 4) is 16.9 Å². The SMILES string of the molecule is Cc1cc(-n2nnc(-c3ccccc3)c2C)c2ccccc2n1. The van der Waals surface area contributed by atoms with Crippen molar-refractivity contribution in [3.63, 3.8) is 0 Å². The maximum absolute atomic E-state index is 4.59. The van der Waals surface area contributed by atoms with Crippen LogP contribution < -0.4 is 0 Å². The number of pyridine rings is 1. The van der Waals surface area contributed by atoms with E-state index in [2.05, 4.69) is 39.6 Å². The molecule has 0 amide bonds. The van der Waals surface area contributed by atoms with E-state index in [0.717, 1.165) is 39.2 Å². The number of hydrogen-bond donors (Lipinski definition) is 0. The van der Waals surface area contributed by atoms with E-state index in [9.17, 15) is 0 Å². The number of benzene rings is 2. The second-order valence-electron chi connectivity index (χ2n) is 5.60. The molecule has 0 saturated heterocycles. The molecule has 4 aromatic rings. The van der Waals surface area contributed by atoms with Gasteiger partial charge in [0.2, 0.25) is 0 Å². The minimum absolute atomic E-state index is 0.907. The molecule has 0 atom stereocenters. The lowest BCUT2D eigenvalue weighted by Crippen LogP contribution is -2.02. The molecule has 0 radical (unpaired) electrons. The van der Waals surface area contributed by atoms with E-state index in [-0.39, 0.29) is 0 Å². The molecule has 0 N–H and O–H groups in total. The summed E-state index contributed by atoms with van der Waals surface area (Å²) in [5, 5.41) is 9.86. The number of hydrogen-bond acceptors (Lipinski definition) is 3. The van der Waals surface area contributed by atoms with E-state index in [0.29, 0.717) is 0 Å². The lowest BCUT2D eigenvalue weighted by atomic mass is 10.1. The van der Waals surface area contributed by atoms with Crippen LogP contribution in [0.2, 0.25) is 0 Å². The number of aromatic nitrogens is 4. The Bertz CT molecular complexity index is 987. The quantitative estimate of drug-likeness (QED) is 0.560.